The number of rotatable bonds is 7. The summed E-state index contributed by atoms with van der Waals surface area (Å²) in [7, 11) is 2.16. The molecule has 0 bridgehead atoms. The molecule has 1 atom stereocenters. The van der Waals surface area contributed by atoms with Gasteiger partial charge in [0.05, 0.1) is 0 Å². The van der Waals surface area contributed by atoms with Crippen LogP contribution in [0, 0.1) is 0 Å². The molecule has 1 aromatic rings. The fourth-order valence-electron chi connectivity index (χ4n) is 2.50. The molecule has 1 aromatic carbocycles. The molecule has 1 fully saturated rings. The van der Waals surface area contributed by atoms with Gasteiger partial charge in [-0.1, -0.05) is 15.9 Å². The third kappa shape index (κ3) is 6.49. The molecule has 23 heavy (non-hydrogen) atoms. The number of carbonyl (C=O) groups is 1. The first kappa shape index (κ1) is 18.2. The smallest absolute Gasteiger partial charge is 0.260 e. The molecule has 0 radical (unpaired) electrons. The third-order valence-electron chi connectivity index (χ3n) is 4.04. The van der Waals surface area contributed by atoms with Gasteiger partial charge >= 0.3 is 0 Å². The Kier molecular flexibility index (Phi) is 7.33. The van der Waals surface area contributed by atoms with E-state index in [4.69, 9.17) is 4.74 Å². The maximum atomic E-state index is 12.0. The van der Waals surface area contributed by atoms with Crippen LogP contribution in [0.1, 0.15) is 13.3 Å². The molecule has 6 heteroatoms. The first-order valence-electron chi connectivity index (χ1n) is 8.15. The summed E-state index contributed by atoms with van der Waals surface area (Å²) in [5.74, 6) is 0.639. The normalized spacial score (nSPS) is 17.7. The lowest BCUT2D eigenvalue weighted by atomic mass is 10.3. The number of likely N-dealkylation sites (N-methyl/N-ethyl adjacent to an activating group) is 1. The predicted octanol–water partition coefficient (Wildman–Crippen LogP) is 1.97. The number of halogens is 1. The Hall–Kier alpha value is -1.11. The van der Waals surface area contributed by atoms with Crippen LogP contribution in [0.4, 0.5) is 0 Å². The van der Waals surface area contributed by atoms with Gasteiger partial charge in [0, 0.05) is 37.2 Å². The topological polar surface area (TPSA) is 44.8 Å². The first-order valence-corrected chi connectivity index (χ1v) is 8.95. The van der Waals surface area contributed by atoms with Crippen LogP contribution in [0.2, 0.25) is 0 Å². The van der Waals surface area contributed by atoms with E-state index in [0.29, 0.717) is 12.3 Å². The van der Waals surface area contributed by atoms with Crippen LogP contribution in [0.15, 0.2) is 28.7 Å². The number of amides is 1. The highest BCUT2D eigenvalue weighted by Gasteiger charge is 2.15. The molecule has 128 valence electrons. The number of benzene rings is 1. The number of carbonyl (C=O) groups excluding carboxylic acids is 1. The molecule has 1 amide bonds. The Balaban J connectivity index is 1.61. The van der Waals surface area contributed by atoms with Gasteiger partial charge in [0.2, 0.25) is 0 Å². The van der Waals surface area contributed by atoms with Gasteiger partial charge in [0.15, 0.2) is 6.10 Å². The molecule has 1 saturated heterocycles. The molecule has 2 rings (SSSR count). The average molecular weight is 384 g/mol. The van der Waals surface area contributed by atoms with Gasteiger partial charge in [-0.2, -0.15) is 0 Å². The van der Waals surface area contributed by atoms with Gasteiger partial charge in [-0.3, -0.25) is 4.79 Å². The zero-order valence-electron chi connectivity index (χ0n) is 13.9. The molecule has 0 aliphatic carbocycles. The van der Waals surface area contributed by atoms with E-state index in [2.05, 4.69) is 38.1 Å². The quantitative estimate of drug-likeness (QED) is 0.731. The minimum absolute atomic E-state index is 0.0636. The van der Waals surface area contributed by atoms with Crippen molar-refractivity contribution in [2.45, 2.75) is 19.4 Å². The molecular formula is C17H26BrN3O2. The van der Waals surface area contributed by atoms with Gasteiger partial charge in [-0.05, 0) is 51.2 Å². The monoisotopic (exact) mass is 383 g/mol. The zero-order chi connectivity index (χ0) is 16.7. The third-order valence-corrected chi connectivity index (χ3v) is 4.57. The van der Waals surface area contributed by atoms with Gasteiger partial charge in [-0.15, -0.1) is 0 Å². The average Bonchev–Trinajstić information content (AvgIpc) is 2.55. The predicted molar refractivity (Wildman–Crippen MR) is 95.8 cm³/mol. The minimum atomic E-state index is -0.486. The maximum absolute atomic E-state index is 12.0. The van der Waals surface area contributed by atoms with Crippen molar-refractivity contribution in [1.29, 1.82) is 0 Å². The highest BCUT2D eigenvalue weighted by Crippen LogP contribution is 2.17. The van der Waals surface area contributed by atoms with Crippen LogP contribution in [0.5, 0.6) is 5.75 Å². The Morgan fingerprint density at radius 2 is 1.91 bits per heavy atom. The van der Waals surface area contributed by atoms with Crippen LogP contribution in [-0.4, -0.2) is 68.1 Å². The number of hydrogen-bond acceptors (Lipinski definition) is 4. The van der Waals surface area contributed by atoms with Crippen molar-refractivity contribution in [3.8, 4) is 5.75 Å². The molecule has 5 nitrogen and oxygen atoms in total. The minimum Gasteiger partial charge on any atom is -0.481 e. The van der Waals surface area contributed by atoms with Crippen molar-refractivity contribution in [1.82, 2.24) is 15.1 Å². The van der Waals surface area contributed by atoms with Crippen molar-refractivity contribution < 1.29 is 9.53 Å². The van der Waals surface area contributed by atoms with Crippen LogP contribution in [-0.2, 0) is 4.79 Å². The van der Waals surface area contributed by atoms with Crippen molar-refractivity contribution in [3.63, 3.8) is 0 Å². The van der Waals surface area contributed by atoms with Crippen LogP contribution in [0.3, 0.4) is 0 Å². The van der Waals surface area contributed by atoms with Gasteiger partial charge < -0.3 is 19.9 Å². The Morgan fingerprint density at radius 3 is 2.57 bits per heavy atom. The molecular weight excluding hydrogens is 358 g/mol. The molecule has 1 unspecified atom stereocenters. The van der Waals surface area contributed by atoms with Crippen molar-refractivity contribution in [3.05, 3.63) is 28.7 Å². The molecule has 0 spiro atoms. The standard InChI is InChI=1S/C17H26BrN3O2/c1-14(23-16-6-4-15(18)5-7-16)17(22)19-8-3-9-21-12-10-20(2)11-13-21/h4-7,14H,3,8-13H2,1-2H3,(H,19,22). The lowest BCUT2D eigenvalue weighted by Gasteiger charge is -2.32. The number of nitrogens with zero attached hydrogens (tertiary/aromatic N) is 2. The van der Waals surface area contributed by atoms with Gasteiger partial charge in [-0.25, -0.2) is 0 Å². The number of nitrogens with one attached hydrogen (secondary N) is 1. The number of piperazine rings is 1. The lowest BCUT2D eigenvalue weighted by molar-refractivity contribution is -0.127. The van der Waals surface area contributed by atoms with Gasteiger partial charge in [0.25, 0.3) is 5.91 Å². The summed E-state index contributed by atoms with van der Waals surface area (Å²) in [5, 5.41) is 2.95. The fraction of sp³-hybridized carbons (Fsp3) is 0.588. The largest absolute Gasteiger partial charge is 0.481 e. The Morgan fingerprint density at radius 1 is 1.26 bits per heavy atom. The van der Waals surface area contributed by atoms with Crippen LogP contribution in [0.25, 0.3) is 0 Å². The van der Waals surface area contributed by atoms with Crippen molar-refractivity contribution >= 4 is 21.8 Å². The van der Waals surface area contributed by atoms with E-state index in [-0.39, 0.29) is 5.91 Å². The second-order valence-corrected chi connectivity index (χ2v) is 6.92. The van der Waals surface area contributed by atoms with Crippen LogP contribution < -0.4 is 10.1 Å². The number of hydrogen-bond donors (Lipinski definition) is 1. The second kappa shape index (κ2) is 9.25. The first-order chi connectivity index (χ1) is 11.0. The second-order valence-electron chi connectivity index (χ2n) is 6.00. The summed E-state index contributed by atoms with van der Waals surface area (Å²) in [6, 6.07) is 7.49. The highest BCUT2D eigenvalue weighted by atomic mass is 79.9. The SMILES string of the molecule is CC(Oc1ccc(Br)cc1)C(=O)NCCCN1CCN(C)CC1. The Bertz CT molecular complexity index is 487. The van der Waals surface area contributed by atoms with E-state index < -0.39 is 6.10 Å². The summed E-state index contributed by atoms with van der Waals surface area (Å²) in [4.78, 5) is 16.8. The molecule has 1 aliphatic heterocycles. The molecule has 1 heterocycles. The molecule has 1 aliphatic rings. The molecule has 0 saturated carbocycles. The van der Waals surface area contributed by atoms with Crippen LogP contribution >= 0.6 is 15.9 Å². The summed E-state index contributed by atoms with van der Waals surface area (Å²) >= 11 is 3.38. The van der Waals surface area contributed by atoms with Crippen molar-refractivity contribution in [2.24, 2.45) is 0 Å². The van der Waals surface area contributed by atoms with E-state index in [0.717, 1.165) is 43.6 Å². The summed E-state index contributed by atoms with van der Waals surface area (Å²) < 4.78 is 6.63. The lowest BCUT2D eigenvalue weighted by Crippen LogP contribution is -2.45. The fourth-order valence-corrected chi connectivity index (χ4v) is 2.76. The van der Waals surface area contributed by atoms with E-state index in [9.17, 15) is 4.79 Å². The molecule has 1 N–H and O–H groups in total. The van der Waals surface area contributed by atoms with E-state index in [1.54, 1.807) is 6.92 Å². The molecule has 0 aromatic heterocycles. The summed E-state index contributed by atoms with van der Waals surface area (Å²) in [6.45, 7) is 8.00. The van der Waals surface area contributed by atoms with E-state index >= 15 is 0 Å². The highest BCUT2D eigenvalue weighted by molar-refractivity contribution is 9.10. The zero-order valence-corrected chi connectivity index (χ0v) is 15.5. The number of ether oxygens (including phenoxy) is 1. The van der Waals surface area contributed by atoms with Crippen molar-refractivity contribution in [2.75, 3.05) is 46.3 Å². The van der Waals surface area contributed by atoms with Gasteiger partial charge in [0.1, 0.15) is 5.75 Å². The summed E-state index contributed by atoms with van der Waals surface area (Å²) in [5.41, 5.74) is 0. The summed E-state index contributed by atoms with van der Waals surface area (Å²) in [6.07, 6.45) is 0.486. The maximum Gasteiger partial charge on any atom is 0.260 e. The Labute approximate surface area is 147 Å². The van der Waals surface area contributed by atoms with E-state index in [1.165, 1.54) is 0 Å². The van der Waals surface area contributed by atoms with E-state index in [1.807, 2.05) is 24.3 Å².